The number of guanidine groups is 1. The largest absolute Gasteiger partial charge is 0.361 e. The van der Waals surface area contributed by atoms with Crippen molar-refractivity contribution in [2.75, 3.05) is 20.1 Å². The van der Waals surface area contributed by atoms with E-state index in [0.29, 0.717) is 0 Å². The Balaban J connectivity index is 1.46. The summed E-state index contributed by atoms with van der Waals surface area (Å²) in [5.41, 5.74) is 5.03. The van der Waals surface area contributed by atoms with E-state index in [9.17, 15) is 0 Å². The molecule has 0 radical (unpaired) electrons. The number of benzene rings is 1. The summed E-state index contributed by atoms with van der Waals surface area (Å²) in [6.07, 6.45) is 7.92. The molecule has 0 aliphatic heterocycles. The molecular weight excluding hydrogens is 312 g/mol. The van der Waals surface area contributed by atoms with Crippen LogP contribution in [-0.4, -0.2) is 40.9 Å². The second kappa shape index (κ2) is 7.88. The molecule has 0 bridgehead atoms. The Kier molecular flexibility index (Phi) is 5.38. The Labute approximate surface area is 148 Å². The summed E-state index contributed by atoms with van der Waals surface area (Å²) in [6, 6.07) is 6.54. The van der Waals surface area contributed by atoms with Gasteiger partial charge in [-0.3, -0.25) is 9.67 Å². The molecule has 6 nitrogen and oxygen atoms in total. The highest BCUT2D eigenvalue weighted by Crippen LogP contribution is 2.19. The first-order valence-corrected chi connectivity index (χ1v) is 8.64. The molecule has 25 heavy (non-hydrogen) atoms. The number of fused-ring (bicyclic) bond motifs is 1. The number of aromatic nitrogens is 3. The Morgan fingerprint density at radius 2 is 2.04 bits per heavy atom. The van der Waals surface area contributed by atoms with Gasteiger partial charge in [-0.2, -0.15) is 5.10 Å². The molecule has 132 valence electrons. The molecule has 1 aromatic carbocycles. The maximum Gasteiger partial charge on any atom is 0.190 e. The van der Waals surface area contributed by atoms with Crippen molar-refractivity contribution in [2.45, 2.75) is 19.8 Å². The lowest BCUT2D eigenvalue weighted by Gasteiger charge is -2.11. The molecular formula is C19H26N6. The van der Waals surface area contributed by atoms with Crippen LogP contribution in [0, 0.1) is 6.92 Å². The zero-order chi connectivity index (χ0) is 17.6. The molecule has 2 heterocycles. The molecule has 0 fully saturated rings. The SMILES string of the molecule is CN=C(NCCc1cnn(C)c1)NCCc1c[nH]c2cc(C)ccc12. The van der Waals surface area contributed by atoms with Crippen LogP contribution in [0.4, 0.5) is 0 Å². The van der Waals surface area contributed by atoms with Crippen LogP contribution in [0.5, 0.6) is 0 Å². The van der Waals surface area contributed by atoms with Crippen LogP contribution >= 0.6 is 0 Å². The van der Waals surface area contributed by atoms with E-state index in [1.165, 1.54) is 27.6 Å². The Morgan fingerprint density at radius 3 is 2.76 bits per heavy atom. The summed E-state index contributed by atoms with van der Waals surface area (Å²) in [6.45, 7) is 3.79. The quantitative estimate of drug-likeness (QED) is 0.476. The lowest BCUT2D eigenvalue weighted by Crippen LogP contribution is -2.39. The summed E-state index contributed by atoms with van der Waals surface area (Å²) >= 11 is 0. The topological polar surface area (TPSA) is 70.0 Å². The lowest BCUT2D eigenvalue weighted by molar-refractivity contribution is 0.764. The van der Waals surface area contributed by atoms with Gasteiger partial charge in [-0.15, -0.1) is 0 Å². The van der Waals surface area contributed by atoms with Crippen LogP contribution in [0.25, 0.3) is 10.9 Å². The molecule has 0 aliphatic carbocycles. The highest BCUT2D eigenvalue weighted by Gasteiger charge is 2.04. The molecule has 0 saturated carbocycles. The Morgan fingerprint density at radius 1 is 1.24 bits per heavy atom. The molecule has 3 N–H and O–H groups in total. The summed E-state index contributed by atoms with van der Waals surface area (Å²) in [7, 11) is 3.73. The summed E-state index contributed by atoms with van der Waals surface area (Å²) in [5, 5.41) is 12.2. The zero-order valence-corrected chi connectivity index (χ0v) is 15.1. The van der Waals surface area contributed by atoms with E-state index in [2.05, 4.69) is 57.0 Å². The number of rotatable bonds is 6. The van der Waals surface area contributed by atoms with Crippen molar-refractivity contribution >= 4 is 16.9 Å². The Hall–Kier alpha value is -2.76. The Bertz CT molecular complexity index is 858. The third kappa shape index (κ3) is 4.41. The molecule has 0 amide bonds. The van der Waals surface area contributed by atoms with Crippen LogP contribution < -0.4 is 10.6 Å². The summed E-state index contributed by atoms with van der Waals surface area (Å²) in [5.74, 6) is 0.833. The standard InChI is InChI=1S/C19H26N6/c1-14-4-5-17-16(12-23-18(17)10-14)7-9-22-19(20-2)21-8-6-15-11-24-25(3)13-15/h4-5,10-13,23H,6-9H2,1-3H3,(H2,20,21,22). The zero-order valence-electron chi connectivity index (χ0n) is 15.1. The van der Waals surface area contributed by atoms with Crippen LogP contribution in [0.15, 0.2) is 41.8 Å². The van der Waals surface area contributed by atoms with Crippen LogP contribution in [0.2, 0.25) is 0 Å². The van der Waals surface area contributed by atoms with Gasteiger partial charge in [0.2, 0.25) is 0 Å². The van der Waals surface area contributed by atoms with Gasteiger partial charge in [0.15, 0.2) is 5.96 Å². The molecule has 0 saturated heterocycles. The third-order valence-corrected chi connectivity index (χ3v) is 4.30. The van der Waals surface area contributed by atoms with Crippen LogP contribution in [0.3, 0.4) is 0 Å². The molecule has 0 unspecified atom stereocenters. The monoisotopic (exact) mass is 338 g/mol. The minimum absolute atomic E-state index is 0.831. The number of aliphatic imine (C=N–C) groups is 1. The van der Waals surface area contributed by atoms with E-state index in [0.717, 1.165) is 31.9 Å². The first-order chi connectivity index (χ1) is 12.2. The van der Waals surface area contributed by atoms with E-state index < -0.39 is 0 Å². The van der Waals surface area contributed by atoms with Crippen molar-refractivity contribution < 1.29 is 0 Å². The smallest absolute Gasteiger partial charge is 0.190 e. The van der Waals surface area contributed by atoms with Gasteiger partial charge < -0.3 is 15.6 Å². The van der Waals surface area contributed by atoms with Crippen molar-refractivity contribution in [2.24, 2.45) is 12.0 Å². The molecule has 3 aromatic rings. The fourth-order valence-electron chi connectivity index (χ4n) is 2.97. The van der Waals surface area contributed by atoms with Gasteiger partial charge in [0.1, 0.15) is 0 Å². The first-order valence-electron chi connectivity index (χ1n) is 8.64. The molecule has 0 spiro atoms. The highest BCUT2D eigenvalue weighted by molar-refractivity contribution is 5.84. The lowest BCUT2D eigenvalue weighted by atomic mass is 10.1. The number of nitrogens with one attached hydrogen (secondary N) is 3. The van der Waals surface area contributed by atoms with Gasteiger partial charge in [-0.05, 0) is 42.5 Å². The van der Waals surface area contributed by atoms with E-state index in [-0.39, 0.29) is 0 Å². The van der Waals surface area contributed by atoms with Gasteiger partial charge in [-0.1, -0.05) is 12.1 Å². The fraction of sp³-hybridized carbons (Fsp3) is 0.368. The van der Waals surface area contributed by atoms with Crippen LogP contribution in [0.1, 0.15) is 16.7 Å². The average Bonchev–Trinajstić information content (AvgIpc) is 3.19. The molecule has 2 aromatic heterocycles. The number of H-pyrrole nitrogens is 1. The maximum atomic E-state index is 4.28. The minimum Gasteiger partial charge on any atom is -0.361 e. The average molecular weight is 338 g/mol. The predicted octanol–water partition coefficient (Wildman–Crippen LogP) is 2.16. The normalized spacial score (nSPS) is 11.9. The van der Waals surface area contributed by atoms with E-state index in [4.69, 9.17) is 0 Å². The number of aromatic amines is 1. The minimum atomic E-state index is 0.831. The van der Waals surface area contributed by atoms with Crippen molar-refractivity contribution in [3.05, 3.63) is 53.5 Å². The van der Waals surface area contributed by atoms with Crippen molar-refractivity contribution in [1.29, 1.82) is 0 Å². The van der Waals surface area contributed by atoms with Gasteiger partial charge in [-0.25, -0.2) is 0 Å². The highest BCUT2D eigenvalue weighted by atomic mass is 15.2. The van der Waals surface area contributed by atoms with E-state index in [1.54, 1.807) is 7.05 Å². The van der Waals surface area contributed by atoms with E-state index in [1.807, 2.05) is 24.1 Å². The second-order valence-corrected chi connectivity index (χ2v) is 6.31. The van der Waals surface area contributed by atoms with Crippen LogP contribution in [-0.2, 0) is 19.9 Å². The van der Waals surface area contributed by atoms with Gasteiger partial charge in [0.05, 0.1) is 6.20 Å². The predicted molar refractivity (Wildman–Crippen MR) is 103 cm³/mol. The maximum absolute atomic E-state index is 4.28. The van der Waals surface area contributed by atoms with Gasteiger partial charge in [0, 0.05) is 50.5 Å². The summed E-state index contributed by atoms with van der Waals surface area (Å²) in [4.78, 5) is 7.64. The van der Waals surface area contributed by atoms with E-state index >= 15 is 0 Å². The number of nitrogens with zero attached hydrogens (tertiary/aromatic N) is 3. The van der Waals surface area contributed by atoms with Crippen molar-refractivity contribution in [1.82, 2.24) is 25.4 Å². The molecule has 0 atom stereocenters. The number of hydrogen-bond donors (Lipinski definition) is 3. The second-order valence-electron chi connectivity index (χ2n) is 6.31. The van der Waals surface area contributed by atoms with Crippen molar-refractivity contribution in [3.8, 4) is 0 Å². The van der Waals surface area contributed by atoms with Crippen molar-refractivity contribution in [3.63, 3.8) is 0 Å². The number of aryl methyl sites for hydroxylation is 2. The fourth-order valence-corrected chi connectivity index (χ4v) is 2.97. The first kappa shape index (κ1) is 17.1. The summed E-state index contributed by atoms with van der Waals surface area (Å²) < 4.78 is 1.82. The molecule has 0 aliphatic rings. The third-order valence-electron chi connectivity index (χ3n) is 4.30. The van der Waals surface area contributed by atoms with Gasteiger partial charge >= 0.3 is 0 Å². The number of hydrogen-bond acceptors (Lipinski definition) is 2. The molecule has 3 rings (SSSR count). The van der Waals surface area contributed by atoms with Gasteiger partial charge in [0.25, 0.3) is 0 Å². The molecule has 6 heteroatoms.